The lowest BCUT2D eigenvalue weighted by Crippen LogP contribution is -2.19. The third-order valence-electron chi connectivity index (χ3n) is 4.60. The zero-order valence-electron chi connectivity index (χ0n) is 16.5. The molecule has 1 aromatic rings. The van der Waals surface area contributed by atoms with E-state index in [0.29, 0.717) is 12.0 Å². The number of fused-ring (bicyclic) bond motifs is 1. The molecule has 3 nitrogen and oxygen atoms in total. The van der Waals surface area contributed by atoms with E-state index in [9.17, 15) is 4.79 Å². The molecule has 0 N–H and O–H groups in total. The van der Waals surface area contributed by atoms with Gasteiger partial charge in [-0.3, -0.25) is 14.8 Å². The Kier molecular flexibility index (Phi) is 7.87. The standard InChI is InChI=1S/C20H18N2O.C4H10/c1-3-14(4-2)18-13-22-20-15(7-5-9-17(18)20)11-19(23)16-8-6-10-21-12-16;1-3-4-2/h3-10,12-13,17H,1,11H2,2H3;3-4H2,1-2H3/b14-4+;. The van der Waals surface area contributed by atoms with Crippen LogP contribution in [-0.4, -0.2) is 16.5 Å². The zero-order chi connectivity index (χ0) is 19.6. The number of nitrogens with zero attached hydrogens (tertiary/aromatic N) is 2. The van der Waals surface area contributed by atoms with Gasteiger partial charge in [0.25, 0.3) is 0 Å². The third-order valence-corrected chi connectivity index (χ3v) is 4.60. The van der Waals surface area contributed by atoms with E-state index < -0.39 is 0 Å². The molecule has 1 atom stereocenters. The SMILES string of the molecule is C=C/C(=C\C)C1=CN=C2C(CC(=O)c3cccnc3)=CC=CC12.CCCC. The first-order valence-corrected chi connectivity index (χ1v) is 9.54. The van der Waals surface area contributed by atoms with Crippen molar-refractivity contribution in [3.63, 3.8) is 0 Å². The molecule has 0 aromatic carbocycles. The Labute approximate surface area is 162 Å². The fraction of sp³-hybridized carbons (Fsp3) is 0.292. The second-order valence-electron chi connectivity index (χ2n) is 6.44. The lowest BCUT2D eigenvalue weighted by atomic mass is 9.83. The van der Waals surface area contributed by atoms with Gasteiger partial charge in [0, 0.05) is 36.5 Å². The minimum atomic E-state index is 0.0597. The number of rotatable bonds is 6. The van der Waals surface area contributed by atoms with Crippen LogP contribution < -0.4 is 0 Å². The molecule has 0 spiro atoms. The molecule has 0 saturated heterocycles. The van der Waals surface area contributed by atoms with Crippen molar-refractivity contribution in [2.24, 2.45) is 10.9 Å². The summed E-state index contributed by atoms with van der Waals surface area (Å²) >= 11 is 0. The summed E-state index contributed by atoms with van der Waals surface area (Å²) < 4.78 is 0. The number of Topliss-reactive ketones (excluding diaryl/α,β-unsaturated/α-hetero) is 1. The molecule has 2 aliphatic rings. The first-order chi connectivity index (χ1) is 13.2. The molecular formula is C24H28N2O. The van der Waals surface area contributed by atoms with Crippen molar-refractivity contribution in [1.29, 1.82) is 0 Å². The lowest BCUT2D eigenvalue weighted by molar-refractivity contribution is 0.0994. The lowest BCUT2D eigenvalue weighted by Gasteiger charge is -2.19. The van der Waals surface area contributed by atoms with Crippen LogP contribution in [0.15, 0.2) is 89.4 Å². The molecule has 27 heavy (non-hydrogen) atoms. The number of allylic oxidation sites excluding steroid dienone is 8. The number of unbranched alkanes of at least 4 members (excludes halogenated alkanes) is 1. The van der Waals surface area contributed by atoms with Crippen molar-refractivity contribution >= 4 is 11.5 Å². The first-order valence-electron chi connectivity index (χ1n) is 9.54. The molecule has 1 unspecified atom stereocenters. The van der Waals surface area contributed by atoms with Gasteiger partial charge in [-0.15, -0.1) is 0 Å². The summed E-state index contributed by atoms with van der Waals surface area (Å²) in [6, 6.07) is 3.57. The summed E-state index contributed by atoms with van der Waals surface area (Å²) in [6.45, 7) is 10.2. The molecule has 0 radical (unpaired) electrons. The number of carbonyl (C=O) groups excluding carboxylic acids is 1. The number of carbonyl (C=O) groups is 1. The molecule has 3 heteroatoms. The van der Waals surface area contributed by atoms with Gasteiger partial charge >= 0.3 is 0 Å². The van der Waals surface area contributed by atoms with Crippen molar-refractivity contribution in [2.45, 2.75) is 40.0 Å². The molecule has 0 fully saturated rings. The normalized spacial score (nSPS) is 17.8. The highest BCUT2D eigenvalue weighted by Gasteiger charge is 2.29. The van der Waals surface area contributed by atoms with Crippen LogP contribution in [-0.2, 0) is 0 Å². The van der Waals surface area contributed by atoms with E-state index in [2.05, 4.69) is 36.5 Å². The van der Waals surface area contributed by atoms with Crippen molar-refractivity contribution in [1.82, 2.24) is 4.98 Å². The summed E-state index contributed by atoms with van der Waals surface area (Å²) in [5.41, 5.74) is 4.77. The van der Waals surface area contributed by atoms with Crippen molar-refractivity contribution in [3.05, 3.63) is 90.0 Å². The number of pyridine rings is 1. The Morgan fingerprint density at radius 1 is 1.30 bits per heavy atom. The van der Waals surface area contributed by atoms with Crippen LogP contribution in [0.3, 0.4) is 0 Å². The van der Waals surface area contributed by atoms with Gasteiger partial charge in [0.05, 0.1) is 5.71 Å². The Hall–Kier alpha value is -2.81. The van der Waals surface area contributed by atoms with Crippen molar-refractivity contribution < 1.29 is 4.79 Å². The molecule has 0 saturated carbocycles. The maximum atomic E-state index is 12.4. The predicted octanol–water partition coefficient (Wildman–Crippen LogP) is 6.04. The Morgan fingerprint density at radius 3 is 2.67 bits per heavy atom. The molecule has 0 bridgehead atoms. The van der Waals surface area contributed by atoms with E-state index in [1.807, 2.05) is 37.4 Å². The molecule has 1 aromatic heterocycles. The molecule has 1 aliphatic heterocycles. The highest BCUT2D eigenvalue weighted by Crippen LogP contribution is 2.34. The molecule has 3 rings (SSSR count). The highest BCUT2D eigenvalue weighted by molar-refractivity contribution is 6.12. The fourth-order valence-corrected chi connectivity index (χ4v) is 2.90. The Bertz CT molecular complexity index is 821. The Morgan fingerprint density at radius 2 is 2.07 bits per heavy atom. The van der Waals surface area contributed by atoms with E-state index in [-0.39, 0.29) is 11.7 Å². The van der Waals surface area contributed by atoms with E-state index in [4.69, 9.17) is 0 Å². The molecule has 0 amide bonds. The molecule has 2 heterocycles. The fourth-order valence-electron chi connectivity index (χ4n) is 2.90. The van der Waals surface area contributed by atoms with Gasteiger partial charge in [-0.25, -0.2) is 0 Å². The van der Waals surface area contributed by atoms with Crippen LogP contribution in [0.4, 0.5) is 0 Å². The van der Waals surface area contributed by atoms with Crippen molar-refractivity contribution in [2.75, 3.05) is 0 Å². The van der Waals surface area contributed by atoms with E-state index >= 15 is 0 Å². The number of ketones is 1. The topological polar surface area (TPSA) is 42.3 Å². The summed E-state index contributed by atoms with van der Waals surface area (Å²) in [5, 5.41) is 0. The van der Waals surface area contributed by atoms with Crippen molar-refractivity contribution in [3.8, 4) is 0 Å². The minimum Gasteiger partial charge on any atom is -0.294 e. The van der Waals surface area contributed by atoms with Gasteiger partial charge in [0.15, 0.2) is 5.78 Å². The molecule has 140 valence electrons. The van der Waals surface area contributed by atoms with Gasteiger partial charge in [-0.2, -0.15) is 0 Å². The van der Waals surface area contributed by atoms with Gasteiger partial charge in [0.1, 0.15) is 0 Å². The van der Waals surface area contributed by atoms with Crippen LogP contribution in [0.5, 0.6) is 0 Å². The average molecular weight is 361 g/mol. The number of aromatic nitrogens is 1. The van der Waals surface area contributed by atoms with Gasteiger partial charge in [0.2, 0.25) is 0 Å². The molecular weight excluding hydrogens is 332 g/mol. The monoisotopic (exact) mass is 360 g/mol. The van der Waals surface area contributed by atoms with Crippen LogP contribution in [0, 0.1) is 5.92 Å². The van der Waals surface area contributed by atoms with Gasteiger partial charge in [-0.05, 0) is 35.8 Å². The number of hydrogen-bond donors (Lipinski definition) is 0. The molecule has 1 aliphatic carbocycles. The van der Waals surface area contributed by atoms with E-state index in [1.54, 1.807) is 24.5 Å². The summed E-state index contributed by atoms with van der Waals surface area (Å²) in [6.07, 6.45) is 18.1. The largest absolute Gasteiger partial charge is 0.294 e. The smallest absolute Gasteiger partial charge is 0.168 e. The summed E-state index contributed by atoms with van der Waals surface area (Å²) in [4.78, 5) is 21.0. The Balaban J connectivity index is 0.000000596. The first kappa shape index (κ1) is 20.5. The zero-order valence-corrected chi connectivity index (χ0v) is 16.5. The average Bonchev–Trinajstić information content (AvgIpc) is 3.15. The quantitative estimate of drug-likeness (QED) is 0.458. The summed E-state index contributed by atoms with van der Waals surface area (Å²) in [5.74, 6) is 0.172. The van der Waals surface area contributed by atoms with Gasteiger partial charge in [-0.1, -0.05) is 63.6 Å². The highest BCUT2D eigenvalue weighted by atomic mass is 16.1. The second-order valence-corrected chi connectivity index (χ2v) is 6.44. The minimum absolute atomic E-state index is 0.0597. The predicted molar refractivity (Wildman–Crippen MR) is 114 cm³/mol. The maximum Gasteiger partial charge on any atom is 0.168 e. The van der Waals surface area contributed by atoms with Crippen LogP contribution in [0.2, 0.25) is 0 Å². The number of aliphatic imine (C=N–C) groups is 1. The van der Waals surface area contributed by atoms with Crippen LogP contribution in [0.25, 0.3) is 0 Å². The third kappa shape index (κ3) is 5.10. The van der Waals surface area contributed by atoms with Crippen LogP contribution >= 0.6 is 0 Å². The van der Waals surface area contributed by atoms with Crippen LogP contribution in [0.1, 0.15) is 50.4 Å². The van der Waals surface area contributed by atoms with E-state index in [1.165, 1.54) is 12.8 Å². The summed E-state index contributed by atoms with van der Waals surface area (Å²) in [7, 11) is 0. The maximum absolute atomic E-state index is 12.4. The number of hydrogen-bond acceptors (Lipinski definition) is 3. The van der Waals surface area contributed by atoms with E-state index in [0.717, 1.165) is 22.4 Å². The second kappa shape index (κ2) is 10.4. The van der Waals surface area contributed by atoms with Gasteiger partial charge < -0.3 is 0 Å².